The smallest absolute Gasteiger partial charge is 0.255 e. The molecule has 2 aliphatic rings. The number of nitrogens with zero attached hydrogens (tertiary/aromatic N) is 3. The first-order chi connectivity index (χ1) is 12.3. The molecule has 1 aromatic carbocycles. The molecule has 1 unspecified atom stereocenters. The number of anilines is 1. The summed E-state index contributed by atoms with van der Waals surface area (Å²) in [6.07, 6.45) is 3.24. The van der Waals surface area contributed by atoms with Gasteiger partial charge in [-0.2, -0.15) is 4.31 Å². The first-order valence-electron chi connectivity index (χ1n) is 8.66. The number of benzene rings is 1. The second-order valence-electron chi connectivity index (χ2n) is 6.55. The number of carbonyl (C=O) groups is 2. The van der Waals surface area contributed by atoms with E-state index in [1.165, 1.54) is 15.3 Å². The first-order valence-corrected chi connectivity index (χ1v) is 10.3. The number of likely N-dealkylation sites (N-methyl/N-ethyl adjacent to an activating group) is 1. The number of piperidine rings is 1. The lowest BCUT2D eigenvalue weighted by molar-refractivity contribution is -0.113. The van der Waals surface area contributed by atoms with Gasteiger partial charge in [-0.1, -0.05) is 6.58 Å². The van der Waals surface area contributed by atoms with Crippen molar-refractivity contribution in [3.63, 3.8) is 0 Å². The highest BCUT2D eigenvalue weighted by molar-refractivity contribution is 7.89. The molecular formula is C18H23N3O4S. The van der Waals surface area contributed by atoms with Crippen molar-refractivity contribution in [2.24, 2.45) is 0 Å². The molecule has 2 saturated heterocycles. The van der Waals surface area contributed by atoms with E-state index in [1.807, 2.05) is 0 Å². The maximum Gasteiger partial charge on any atom is 0.255 e. The van der Waals surface area contributed by atoms with Gasteiger partial charge in [0.15, 0.2) is 0 Å². The summed E-state index contributed by atoms with van der Waals surface area (Å²) < 4.78 is 26.0. The second-order valence-corrected chi connectivity index (χ2v) is 8.59. The third kappa shape index (κ3) is 3.39. The van der Waals surface area contributed by atoms with E-state index < -0.39 is 10.0 Å². The Balaban J connectivity index is 1.80. The molecule has 1 aromatic rings. The predicted octanol–water partition coefficient (Wildman–Crippen LogP) is 1.43. The molecule has 26 heavy (non-hydrogen) atoms. The molecule has 0 aliphatic carbocycles. The minimum atomic E-state index is -3.28. The number of hydrogen-bond acceptors (Lipinski definition) is 4. The Morgan fingerprint density at radius 1 is 1.19 bits per heavy atom. The van der Waals surface area contributed by atoms with E-state index in [9.17, 15) is 18.0 Å². The Bertz CT molecular complexity index is 819. The van der Waals surface area contributed by atoms with Crippen LogP contribution >= 0.6 is 0 Å². The van der Waals surface area contributed by atoms with Gasteiger partial charge in [-0.3, -0.25) is 9.59 Å². The summed E-state index contributed by atoms with van der Waals surface area (Å²) in [4.78, 5) is 27.7. The van der Waals surface area contributed by atoms with Crippen LogP contribution in [0.3, 0.4) is 0 Å². The molecule has 0 bridgehead atoms. The number of sulfonamides is 1. The molecule has 0 spiro atoms. The van der Waals surface area contributed by atoms with Crippen molar-refractivity contribution in [1.29, 1.82) is 0 Å². The summed E-state index contributed by atoms with van der Waals surface area (Å²) in [5, 5.41) is 0. The predicted molar refractivity (Wildman–Crippen MR) is 99.2 cm³/mol. The maximum absolute atomic E-state index is 12.9. The number of carbonyl (C=O) groups excluding carboxylic acids is 2. The number of amides is 2. The molecule has 0 N–H and O–H groups in total. The van der Waals surface area contributed by atoms with E-state index in [0.717, 1.165) is 12.8 Å². The van der Waals surface area contributed by atoms with Crippen LogP contribution in [0.25, 0.3) is 0 Å². The highest BCUT2D eigenvalue weighted by Gasteiger charge is 2.42. The quantitative estimate of drug-likeness (QED) is 0.747. The molecule has 2 aliphatic heterocycles. The fourth-order valence-electron chi connectivity index (χ4n) is 3.50. The van der Waals surface area contributed by atoms with Crippen LogP contribution in [-0.2, 0) is 14.8 Å². The third-order valence-electron chi connectivity index (χ3n) is 5.00. The summed E-state index contributed by atoms with van der Waals surface area (Å²) in [5.74, 6) is -0.451. The van der Waals surface area contributed by atoms with E-state index in [4.69, 9.17) is 0 Å². The molecule has 0 aromatic heterocycles. The van der Waals surface area contributed by atoms with Gasteiger partial charge < -0.3 is 9.80 Å². The molecule has 0 radical (unpaired) electrons. The minimum Gasteiger partial charge on any atom is -0.321 e. The van der Waals surface area contributed by atoms with E-state index in [-0.39, 0.29) is 30.3 Å². The Morgan fingerprint density at radius 2 is 1.88 bits per heavy atom. The van der Waals surface area contributed by atoms with Crippen LogP contribution < -0.4 is 4.90 Å². The van der Waals surface area contributed by atoms with Crippen molar-refractivity contribution in [2.45, 2.75) is 25.4 Å². The van der Waals surface area contributed by atoms with Crippen LogP contribution in [0.4, 0.5) is 5.69 Å². The van der Waals surface area contributed by atoms with Crippen LogP contribution in [0, 0.1) is 0 Å². The molecule has 140 valence electrons. The zero-order chi connectivity index (χ0) is 18.9. The maximum atomic E-state index is 12.9. The molecule has 2 fully saturated rings. The lowest BCUT2D eigenvalue weighted by Gasteiger charge is -2.45. The van der Waals surface area contributed by atoms with Crippen LogP contribution in [-0.4, -0.2) is 61.5 Å². The van der Waals surface area contributed by atoms with Crippen LogP contribution in [0.5, 0.6) is 0 Å². The normalized spacial score (nSPS) is 22.3. The van der Waals surface area contributed by atoms with Crippen molar-refractivity contribution in [3.8, 4) is 0 Å². The Labute approximate surface area is 153 Å². The van der Waals surface area contributed by atoms with Gasteiger partial charge in [0.1, 0.15) is 0 Å². The van der Waals surface area contributed by atoms with E-state index >= 15 is 0 Å². The van der Waals surface area contributed by atoms with Gasteiger partial charge in [-0.05, 0) is 49.6 Å². The molecule has 0 saturated carbocycles. The van der Waals surface area contributed by atoms with Gasteiger partial charge in [0.2, 0.25) is 15.9 Å². The average molecular weight is 377 g/mol. The van der Waals surface area contributed by atoms with Gasteiger partial charge in [0.25, 0.3) is 5.91 Å². The van der Waals surface area contributed by atoms with Crippen molar-refractivity contribution in [3.05, 3.63) is 42.5 Å². The van der Waals surface area contributed by atoms with Gasteiger partial charge in [-0.25, -0.2) is 8.42 Å². The van der Waals surface area contributed by atoms with Crippen molar-refractivity contribution in [2.75, 3.05) is 30.8 Å². The third-order valence-corrected chi connectivity index (χ3v) is 6.84. The molecular weight excluding hydrogens is 354 g/mol. The van der Waals surface area contributed by atoms with Crippen LogP contribution in [0.1, 0.15) is 29.6 Å². The number of hydrogen-bond donors (Lipinski definition) is 0. The summed E-state index contributed by atoms with van der Waals surface area (Å²) in [7, 11) is -1.64. The zero-order valence-electron chi connectivity index (χ0n) is 14.8. The Hall–Kier alpha value is -2.19. The van der Waals surface area contributed by atoms with Gasteiger partial charge >= 0.3 is 0 Å². The first kappa shape index (κ1) is 18.6. The molecule has 2 heterocycles. The van der Waals surface area contributed by atoms with E-state index in [0.29, 0.717) is 24.2 Å². The average Bonchev–Trinajstić information content (AvgIpc) is 2.66. The van der Waals surface area contributed by atoms with Gasteiger partial charge in [0.05, 0.1) is 11.9 Å². The molecule has 8 heteroatoms. The van der Waals surface area contributed by atoms with Crippen molar-refractivity contribution < 1.29 is 18.0 Å². The van der Waals surface area contributed by atoms with Crippen molar-refractivity contribution >= 4 is 27.5 Å². The van der Waals surface area contributed by atoms with E-state index in [2.05, 4.69) is 6.58 Å². The molecule has 7 nitrogen and oxygen atoms in total. The van der Waals surface area contributed by atoms with E-state index in [1.54, 1.807) is 36.2 Å². The van der Waals surface area contributed by atoms with Crippen molar-refractivity contribution in [1.82, 2.24) is 9.21 Å². The van der Waals surface area contributed by atoms with Gasteiger partial charge in [0, 0.05) is 31.4 Å². The largest absolute Gasteiger partial charge is 0.321 e. The summed E-state index contributed by atoms with van der Waals surface area (Å²) in [5.41, 5.74) is 1.14. The highest BCUT2D eigenvalue weighted by atomic mass is 32.2. The summed E-state index contributed by atoms with van der Waals surface area (Å²) in [6.45, 7) is 4.14. The minimum absolute atomic E-state index is 0.0378. The molecule has 2 amide bonds. The number of fused-ring (bicyclic) bond motifs is 1. The topological polar surface area (TPSA) is 78.0 Å². The standard InChI is InChI=1S/C18H23N3O4S/c1-3-17(22)19(2)15-9-7-14(8-10-15)18(23)20-12-13-26(24,25)21-11-5-4-6-16(20)21/h3,7-10,16H,1,4-6,11-13H2,2H3. The second kappa shape index (κ2) is 7.20. The summed E-state index contributed by atoms with van der Waals surface area (Å²) in [6, 6.07) is 6.74. The lowest BCUT2D eigenvalue weighted by atomic mass is 10.1. The Kier molecular flexibility index (Phi) is 5.15. The summed E-state index contributed by atoms with van der Waals surface area (Å²) >= 11 is 0. The fraction of sp³-hybridized carbons (Fsp3) is 0.444. The SMILES string of the molecule is C=CC(=O)N(C)c1ccc(C(=O)N2CCS(=O)(=O)N3CCCCC23)cc1. The Morgan fingerprint density at radius 3 is 2.54 bits per heavy atom. The van der Waals surface area contributed by atoms with Crippen LogP contribution in [0.15, 0.2) is 36.9 Å². The van der Waals surface area contributed by atoms with Gasteiger partial charge in [-0.15, -0.1) is 0 Å². The molecule has 1 atom stereocenters. The zero-order valence-corrected chi connectivity index (χ0v) is 15.6. The monoisotopic (exact) mass is 377 g/mol. The fourth-order valence-corrected chi connectivity index (χ4v) is 5.16. The molecule has 3 rings (SSSR count). The lowest BCUT2D eigenvalue weighted by Crippen LogP contribution is -2.61. The van der Waals surface area contributed by atoms with Crippen LogP contribution in [0.2, 0.25) is 0 Å². The number of rotatable bonds is 3. The highest BCUT2D eigenvalue weighted by Crippen LogP contribution is 2.29.